The zero-order valence-corrected chi connectivity index (χ0v) is 11.2. The van der Waals surface area contributed by atoms with Gasteiger partial charge in [0.1, 0.15) is 18.1 Å². The second-order valence-electron chi connectivity index (χ2n) is 4.51. The van der Waals surface area contributed by atoms with Crippen molar-refractivity contribution in [3.8, 4) is 5.75 Å². The molecule has 0 bridgehead atoms. The number of carbonyl (C=O) groups excluding carboxylic acids is 2. The molecular weight excluding hydrogens is 274 g/mol. The third-order valence-electron chi connectivity index (χ3n) is 3.12. The molecule has 0 spiro atoms. The molecule has 2 N–H and O–H groups in total. The van der Waals surface area contributed by atoms with Crippen LogP contribution in [-0.4, -0.2) is 39.7 Å². The first-order chi connectivity index (χ1) is 10.2. The lowest BCUT2D eigenvalue weighted by Gasteiger charge is -2.22. The van der Waals surface area contributed by atoms with Crippen LogP contribution in [0.5, 0.6) is 5.75 Å². The molecule has 0 radical (unpaired) electrons. The van der Waals surface area contributed by atoms with Crippen molar-refractivity contribution in [2.75, 3.05) is 17.7 Å². The summed E-state index contributed by atoms with van der Waals surface area (Å²) >= 11 is 0. The Morgan fingerprint density at radius 2 is 2.38 bits per heavy atom. The van der Waals surface area contributed by atoms with Gasteiger partial charge in [0.25, 0.3) is 5.91 Å². The van der Waals surface area contributed by atoms with E-state index in [1.165, 1.54) is 6.33 Å². The molecule has 1 atom stereocenters. The van der Waals surface area contributed by atoms with E-state index in [1.807, 2.05) is 0 Å². The van der Waals surface area contributed by atoms with Crippen LogP contribution in [0, 0.1) is 0 Å². The lowest BCUT2D eigenvalue weighted by Crippen LogP contribution is -2.42. The average Bonchev–Trinajstić information content (AvgIpc) is 2.96. The van der Waals surface area contributed by atoms with Crippen LogP contribution in [0.1, 0.15) is 11.2 Å². The SMILES string of the molecule is COc1cccc(NC(=O)[C@H]2CC(=O)n3ncnc3N2)c1. The smallest absolute Gasteiger partial charge is 0.252 e. The zero-order chi connectivity index (χ0) is 14.8. The van der Waals surface area contributed by atoms with Gasteiger partial charge in [-0.05, 0) is 12.1 Å². The van der Waals surface area contributed by atoms with Crippen LogP contribution >= 0.6 is 0 Å². The van der Waals surface area contributed by atoms with E-state index in [-0.39, 0.29) is 24.2 Å². The molecule has 2 heterocycles. The topological polar surface area (TPSA) is 98.1 Å². The van der Waals surface area contributed by atoms with Crippen LogP contribution < -0.4 is 15.4 Å². The van der Waals surface area contributed by atoms with Crippen molar-refractivity contribution in [3.05, 3.63) is 30.6 Å². The van der Waals surface area contributed by atoms with E-state index in [1.54, 1.807) is 31.4 Å². The maximum absolute atomic E-state index is 12.2. The molecule has 0 saturated heterocycles. The molecule has 8 nitrogen and oxygen atoms in total. The van der Waals surface area contributed by atoms with E-state index in [0.29, 0.717) is 11.4 Å². The Morgan fingerprint density at radius 1 is 1.52 bits per heavy atom. The number of hydrogen-bond acceptors (Lipinski definition) is 6. The van der Waals surface area contributed by atoms with Gasteiger partial charge in [-0.1, -0.05) is 6.07 Å². The number of nitrogens with one attached hydrogen (secondary N) is 2. The van der Waals surface area contributed by atoms with Gasteiger partial charge >= 0.3 is 0 Å². The third kappa shape index (κ3) is 2.55. The summed E-state index contributed by atoms with van der Waals surface area (Å²) in [6.07, 6.45) is 1.29. The summed E-state index contributed by atoms with van der Waals surface area (Å²) in [6, 6.07) is 6.31. The summed E-state index contributed by atoms with van der Waals surface area (Å²) < 4.78 is 6.24. The highest BCUT2D eigenvalue weighted by molar-refractivity contribution is 6.01. The van der Waals surface area contributed by atoms with Crippen molar-refractivity contribution in [2.45, 2.75) is 12.5 Å². The summed E-state index contributed by atoms with van der Waals surface area (Å²) in [5, 5.41) is 9.40. The molecule has 0 unspecified atom stereocenters. The monoisotopic (exact) mass is 287 g/mol. The highest BCUT2D eigenvalue weighted by Crippen LogP contribution is 2.19. The number of anilines is 2. The van der Waals surface area contributed by atoms with E-state index < -0.39 is 6.04 Å². The van der Waals surface area contributed by atoms with Gasteiger partial charge in [-0.2, -0.15) is 14.8 Å². The van der Waals surface area contributed by atoms with Gasteiger partial charge in [0.15, 0.2) is 0 Å². The Balaban J connectivity index is 1.73. The predicted octanol–water partition coefficient (Wildman–Crippen LogP) is 0.750. The number of amides is 1. The lowest BCUT2D eigenvalue weighted by atomic mass is 10.1. The number of hydrogen-bond donors (Lipinski definition) is 2. The Labute approximate surface area is 120 Å². The molecule has 2 aromatic rings. The molecule has 8 heteroatoms. The molecule has 1 aliphatic heterocycles. The van der Waals surface area contributed by atoms with Crippen LogP contribution in [0.4, 0.5) is 11.6 Å². The van der Waals surface area contributed by atoms with E-state index in [0.717, 1.165) is 4.68 Å². The Hall–Kier alpha value is -2.90. The number of benzene rings is 1. The van der Waals surface area contributed by atoms with Gasteiger partial charge in [-0.3, -0.25) is 9.59 Å². The van der Waals surface area contributed by atoms with Crippen molar-refractivity contribution in [2.24, 2.45) is 0 Å². The number of carbonyl (C=O) groups is 2. The standard InChI is InChI=1S/C13H13N5O3/c1-21-9-4-2-3-8(5-9)16-12(20)10-6-11(19)18-13(17-10)14-7-15-18/h2-5,7,10H,6H2,1H3,(H,16,20)(H,14,15,17)/t10-/m1/s1. The molecule has 0 aliphatic carbocycles. The second-order valence-corrected chi connectivity index (χ2v) is 4.51. The molecular formula is C13H13N5O3. The van der Waals surface area contributed by atoms with Gasteiger partial charge in [-0.25, -0.2) is 0 Å². The molecule has 21 heavy (non-hydrogen) atoms. The number of fused-ring (bicyclic) bond motifs is 1. The number of ether oxygens (including phenoxy) is 1. The summed E-state index contributed by atoms with van der Waals surface area (Å²) in [6.45, 7) is 0. The van der Waals surface area contributed by atoms with Crippen molar-refractivity contribution in [1.82, 2.24) is 14.8 Å². The minimum Gasteiger partial charge on any atom is -0.497 e. The maximum atomic E-state index is 12.2. The first kappa shape index (κ1) is 13.1. The Morgan fingerprint density at radius 3 is 3.19 bits per heavy atom. The average molecular weight is 287 g/mol. The molecule has 108 valence electrons. The first-order valence-electron chi connectivity index (χ1n) is 6.32. The predicted molar refractivity (Wildman–Crippen MR) is 74.3 cm³/mol. The van der Waals surface area contributed by atoms with Crippen molar-refractivity contribution in [1.29, 1.82) is 0 Å². The molecule has 3 rings (SSSR count). The van der Waals surface area contributed by atoms with Crippen molar-refractivity contribution >= 4 is 23.5 Å². The van der Waals surface area contributed by atoms with E-state index >= 15 is 0 Å². The Kier molecular flexibility index (Phi) is 3.27. The number of aromatic nitrogens is 3. The fourth-order valence-corrected chi connectivity index (χ4v) is 2.08. The maximum Gasteiger partial charge on any atom is 0.252 e. The molecule has 1 aliphatic rings. The third-order valence-corrected chi connectivity index (χ3v) is 3.12. The van der Waals surface area contributed by atoms with Crippen LogP contribution in [0.25, 0.3) is 0 Å². The number of rotatable bonds is 3. The largest absolute Gasteiger partial charge is 0.497 e. The summed E-state index contributed by atoms with van der Waals surface area (Å²) in [5.74, 6) is 0.329. The summed E-state index contributed by atoms with van der Waals surface area (Å²) in [4.78, 5) is 27.9. The van der Waals surface area contributed by atoms with Gasteiger partial charge in [0.05, 0.1) is 13.5 Å². The number of methoxy groups -OCH3 is 1. The highest BCUT2D eigenvalue weighted by atomic mass is 16.5. The highest BCUT2D eigenvalue weighted by Gasteiger charge is 2.30. The lowest BCUT2D eigenvalue weighted by molar-refractivity contribution is -0.117. The van der Waals surface area contributed by atoms with Crippen molar-refractivity contribution in [3.63, 3.8) is 0 Å². The summed E-state index contributed by atoms with van der Waals surface area (Å²) in [5.41, 5.74) is 0.598. The second kappa shape index (κ2) is 5.23. The fourth-order valence-electron chi connectivity index (χ4n) is 2.08. The number of nitrogens with zero attached hydrogens (tertiary/aromatic N) is 3. The van der Waals surface area contributed by atoms with Gasteiger partial charge in [0, 0.05) is 11.8 Å². The molecule has 1 amide bonds. The van der Waals surface area contributed by atoms with E-state index in [9.17, 15) is 9.59 Å². The van der Waals surface area contributed by atoms with Crippen LogP contribution in [-0.2, 0) is 4.79 Å². The fraction of sp³-hybridized carbons (Fsp3) is 0.231. The van der Waals surface area contributed by atoms with E-state index in [2.05, 4.69) is 20.7 Å². The van der Waals surface area contributed by atoms with Crippen LogP contribution in [0.2, 0.25) is 0 Å². The quantitative estimate of drug-likeness (QED) is 0.864. The van der Waals surface area contributed by atoms with Crippen molar-refractivity contribution < 1.29 is 14.3 Å². The van der Waals surface area contributed by atoms with Crippen LogP contribution in [0.3, 0.4) is 0 Å². The van der Waals surface area contributed by atoms with Crippen LogP contribution in [0.15, 0.2) is 30.6 Å². The minimum atomic E-state index is -0.680. The molecule has 0 saturated carbocycles. The molecule has 1 aromatic heterocycles. The van der Waals surface area contributed by atoms with E-state index in [4.69, 9.17) is 4.74 Å². The van der Waals surface area contributed by atoms with Gasteiger partial charge in [0.2, 0.25) is 11.9 Å². The first-order valence-corrected chi connectivity index (χ1v) is 6.32. The van der Waals surface area contributed by atoms with Gasteiger partial charge in [-0.15, -0.1) is 0 Å². The molecule has 1 aromatic carbocycles. The normalized spacial score (nSPS) is 16.8. The van der Waals surface area contributed by atoms with Gasteiger partial charge < -0.3 is 15.4 Å². The minimum absolute atomic E-state index is 0.0200. The summed E-state index contributed by atoms with van der Waals surface area (Å²) in [7, 11) is 1.55. The zero-order valence-electron chi connectivity index (χ0n) is 11.2. The Bertz CT molecular complexity index is 697. The molecule has 0 fully saturated rings.